The summed E-state index contributed by atoms with van der Waals surface area (Å²) in [5.41, 5.74) is -2.79. The molecule has 0 saturated carbocycles. The van der Waals surface area contributed by atoms with E-state index in [-0.39, 0.29) is 42.7 Å². The van der Waals surface area contributed by atoms with Crippen LogP contribution in [-0.2, 0) is 19.9 Å². The number of alkyl halides is 3. The second kappa shape index (κ2) is 10.3. The first kappa shape index (κ1) is 27.3. The third kappa shape index (κ3) is 4.82. The molecule has 2 atom stereocenters. The summed E-state index contributed by atoms with van der Waals surface area (Å²) in [6, 6.07) is 11.7. The lowest BCUT2D eigenvalue weighted by Gasteiger charge is -2.50. The van der Waals surface area contributed by atoms with Crippen LogP contribution in [0.1, 0.15) is 36.3 Å². The largest absolute Gasteiger partial charge is 0.430 e. The van der Waals surface area contributed by atoms with E-state index >= 15 is 0 Å². The molecule has 2 aliphatic heterocycles. The summed E-state index contributed by atoms with van der Waals surface area (Å²) >= 11 is 1.28. The zero-order chi connectivity index (χ0) is 27.8. The van der Waals surface area contributed by atoms with E-state index in [4.69, 9.17) is 4.74 Å². The fraction of sp³-hybridized carbons (Fsp3) is 0.393. The van der Waals surface area contributed by atoms with Gasteiger partial charge in [-0.2, -0.15) is 13.2 Å². The second-order valence-electron chi connectivity index (χ2n) is 10.0. The van der Waals surface area contributed by atoms with Crippen LogP contribution in [-0.4, -0.2) is 54.6 Å². The van der Waals surface area contributed by atoms with Gasteiger partial charge in [0, 0.05) is 61.8 Å². The first-order valence-electron chi connectivity index (χ1n) is 12.5. The van der Waals surface area contributed by atoms with Crippen LogP contribution in [0.2, 0.25) is 0 Å². The van der Waals surface area contributed by atoms with Crippen molar-refractivity contribution in [3.63, 3.8) is 0 Å². The Kier molecular flexibility index (Phi) is 7.23. The number of rotatable bonds is 5. The normalized spacial score (nSPS) is 20.9. The Morgan fingerprint density at radius 1 is 1.15 bits per heavy atom. The number of ether oxygens (including phenoxy) is 1. The highest BCUT2D eigenvalue weighted by Crippen LogP contribution is 2.50. The summed E-state index contributed by atoms with van der Waals surface area (Å²) in [4.78, 5) is 31.5. The highest BCUT2D eigenvalue weighted by Gasteiger charge is 2.64. The summed E-state index contributed by atoms with van der Waals surface area (Å²) < 4.78 is 63.0. The second-order valence-corrected chi connectivity index (χ2v) is 10.9. The minimum atomic E-state index is -5.04. The molecule has 6 nitrogen and oxygen atoms in total. The molecule has 3 heterocycles. The topological polar surface area (TPSA) is 71.5 Å². The molecule has 1 unspecified atom stereocenters. The summed E-state index contributed by atoms with van der Waals surface area (Å²) in [5, 5.41) is 5.10. The third-order valence-corrected chi connectivity index (χ3v) is 8.85. The number of methoxy groups -OCH3 is 1. The van der Waals surface area contributed by atoms with Gasteiger partial charge in [0.25, 0.3) is 11.5 Å². The van der Waals surface area contributed by atoms with Crippen molar-refractivity contribution in [3.05, 3.63) is 77.1 Å². The van der Waals surface area contributed by atoms with E-state index in [1.54, 1.807) is 29.8 Å². The Bertz CT molecular complexity index is 1340. The van der Waals surface area contributed by atoms with Crippen LogP contribution >= 0.6 is 11.3 Å². The Balaban J connectivity index is 1.45. The fourth-order valence-electron chi connectivity index (χ4n) is 5.97. The first-order chi connectivity index (χ1) is 18.6. The number of carbonyl (C=O) groups is 2. The highest BCUT2D eigenvalue weighted by atomic mass is 32.1. The molecule has 1 spiro atoms. The Hall–Kier alpha value is -3.31. The van der Waals surface area contributed by atoms with Crippen molar-refractivity contribution in [2.24, 2.45) is 5.41 Å². The molecule has 1 aromatic heterocycles. The van der Waals surface area contributed by atoms with E-state index in [1.807, 2.05) is 0 Å². The number of carbonyl (C=O) groups excluding carboxylic acids is 2. The monoisotopic (exact) mass is 561 g/mol. The van der Waals surface area contributed by atoms with Gasteiger partial charge in [0.15, 0.2) is 0 Å². The summed E-state index contributed by atoms with van der Waals surface area (Å²) in [6.07, 6.45) is -2.66. The molecule has 2 fully saturated rings. The van der Waals surface area contributed by atoms with Crippen molar-refractivity contribution >= 4 is 23.2 Å². The Labute approximate surface area is 227 Å². The molecule has 2 aliphatic rings. The minimum Gasteiger partial charge on any atom is -0.356 e. The van der Waals surface area contributed by atoms with Crippen molar-refractivity contribution in [1.29, 1.82) is 0 Å². The van der Waals surface area contributed by atoms with Crippen LogP contribution in [0.5, 0.6) is 0 Å². The maximum Gasteiger partial charge on any atom is 0.430 e. The van der Waals surface area contributed by atoms with Crippen LogP contribution in [0.25, 0.3) is 10.6 Å². The average Bonchev–Trinajstić information content (AvgIpc) is 3.45. The van der Waals surface area contributed by atoms with Gasteiger partial charge in [-0.25, -0.2) is 9.37 Å². The minimum absolute atomic E-state index is 0.0250. The number of halogens is 4. The maximum atomic E-state index is 14.8. The van der Waals surface area contributed by atoms with Gasteiger partial charge in [0.2, 0.25) is 5.91 Å². The predicted octanol–water partition coefficient (Wildman–Crippen LogP) is 5.27. The van der Waals surface area contributed by atoms with Crippen LogP contribution in [0.3, 0.4) is 0 Å². The summed E-state index contributed by atoms with van der Waals surface area (Å²) in [6.45, 7) is 0.390. The number of piperidine rings is 2. The van der Waals surface area contributed by atoms with Gasteiger partial charge in [-0.05, 0) is 42.0 Å². The fourth-order valence-corrected chi connectivity index (χ4v) is 6.61. The number of hydrogen-bond acceptors (Lipinski definition) is 5. The van der Waals surface area contributed by atoms with Crippen molar-refractivity contribution in [2.75, 3.05) is 26.7 Å². The van der Waals surface area contributed by atoms with Crippen LogP contribution in [0.15, 0.2) is 60.1 Å². The third-order valence-electron chi connectivity index (χ3n) is 8.03. The average molecular weight is 562 g/mol. The number of nitrogens with zero attached hydrogens (tertiary/aromatic N) is 2. The van der Waals surface area contributed by atoms with E-state index in [0.29, 0.717) is 30.0 Å². The molecule has 2 amide bonds. The smallest absolute Gasteiger partial charge is 0.356 e. The number of aromatic nitrogens is 1. The highest BCUT2D eigenvalue weighted by molar-refractivity contribution is 7.13. The number of benzene rings is 2. The molecule has 39 heavy (non-hydrogen) atoms. The number of likely N-dealkylation sites (tertiary alicyclic amines) is 1. The van der Waals surface area contributed by atoms with Crippen LogP contribution in [0.4, 0.5) is 17.6 Å². The van der Waals surface area contributed by atoms with Crippen molar-refractivity contribution in [2.45, 2.75) is 37.0 Å². The van der Waals surface area contributed by atoms with Crippen molar-refractivity contribution in [3.8, 4) is 10.6 Å². The lowest BCUT2D eigenvalue weighted by Crippen LogP contribution is -2.60. The van der Waals surface area contributed by atoms with E-state index in [2.05, 4.69) is 10.3 Å². The van der Waals surface area contributed by atoms with Crippen LogP contribution < -0.4 is 5.32 Å². The Morgan fingerprint density at radius 3 is 2.49 bits per heavy atom. The molecule has 206 valence electrons. The summed E-state index contributed by atoms with van der Waals surface area (Å²) in [5.74, 6) is -1.87. The molecule has 2 saturated heterocycles. The number of amides is 2. The van der Waals surface area contributed by atoms with E-state index in [1.165, 1.54) is 46.6 Å². The van der Waals surface area contributed by atoms with Crippen molar-refractivity contribution < 1.29 is 31.9 Å². The van der Waals surface area contributed by atoms with Gasteiger partial charge in [-0.1, -0.05) is 30.3 Å². The quantitative estimate of drug-likeness (QED) is 0.431. The van der Waals surface area contributed by atoms with Gasteiger partial charge in [0.05, 0.1) is 0 Å². The zero-order valence-corrected chi connectivity index (χ0v) is 21.9. The molecule has 0 aliphatic carbocycles. The van der Waals surface area contributed by atoms with E-state index < -0.39 is 23.1 Å². The van der Waals surface area contributed by atoms with Gasteiger partial charge < -0.3 is 15.0 Å². The van der Waals surface area contributed by atoms with E-state index in [9.17, 15) is 27.2 Å². The van der Waals surface area contributed by atoms with E-state index in [0.717, 1.165) is 12.7 Å². The lowest BCUT2D eigenvalue weighted by molar-refractivity contribution is -0.271. The predicted molar refractivity (Wildman–Crippen MR) is 137 cm³/mol. The lowest BCUT2D eigenvalue weighted by atomic mass is 9.62. The van der Waals surface area contributed by atoms with Gasteiger partial charge >= 0.3 is 6.18 Å². The zero-order valence-electron chi connectivity index (χ0n) is 21.1. The van der Waals surface area contributed by atoms with Gasteiger partial charge in [-0.3, -0.25) is 9.59 Å². The molecule has 0 bridgehead atoms. The van der Waals surface area contributed by atoms with Crippen molar-refractivity contribution in [1.82, 2.24) is 15.2 Å². The number of hydrogen-bond donors (Lipinski definition) is 1. The molecule has 0 radical (unpaired) electrons. The molecule has 11 heteroatoms. The SMILES string of the molecule is COC(C(=O)N1CCC2(CC1)CC(=O)NC[C@H]2c1ccc(F)cc1)(c1cccc(-c2nccs2)c1)C(F)(F)F. The molecule has 5 rings (SSSR count). The Morgan fingerprint density at radius 2 is 1.87 bits per heavy atom. The molecule has 1 N–H and O–H groups in total. The number of nitrogens with one attached hydrogen (secondary N) is 1. The molecular formula is C28H27F4N3O3S. The maximum absolute atomic E-state index is 14.8. The van der Waals surface area contributed by atoms with Gasteiger partial charge in [-0.15, -0.1) is 11.3 Å². The molecule has 3 aromatic rings. The van der Waals surface area contributed by atoms with Gasteiger partial charge in [0.1, 0.15) is 10.8 Å². The van der Waals surface area contributed by atoms with Crippen LogP contribution in [0, 0.1) is 11.2 Å². The number of thiazole rings is 1. The molecule has 2 aromatic carbocycles. The molecular weight excluding hydrogens is 534 g/mol. The first-order valence-corrected chi connectivity index (χ1v) is 13.4. The standard InChI is InChI=1S/C28H27F4N3O3S/c1-38-27(28(30,31)32,20-4-2-3-19(15-20)24-33-11-14-39-24)25(37)35-12-9-26(10-13-35)16-23(36)34-17-22(26)18-5-7-21(29)8-6-18/h2-8,11,14-15,22H,9-10,12-13,16-17H2,1H3,(H,34,36)/t22-,27?/m0/s1. The summed E-state index contributed by atoms with van der Waals surface area (Å²) in [7, 11) is 0.892.